The number of anilines is 1. The molecular weight excluding hydrogens is 294 g/mol. The van der Waals surface area contributed by atoms with Gasteiger partial charge in [0.1, 0.15) is 10.6 Å². The number of imide groups is 1. The van der Waals surface area contributed by atoms with E-state index in [9.17, 15) is 18.0 Å². The summed E-state index contributed by atoms with van der Waals surface area (Å²) in [5.74, 6) is -1.06. The molecule has 0 saturated heterocycles. The molecule has 8 heteroatoms. The van der Waals surface area contributed by atoms with Crippen molar-refractivity contribution in [1.82, 2.24) is 0 Å². The molecule has 0 radical (unpaired) electrons. The number of benzene rings is 1. The van der Waals surface area contributed by atoms with E-state index in [2.05, 4.69) is 0 Å². The molecule has 2 amide bonds. The summed E-state index contributed by atoms with van der Waals surface area (Å²) in [7, 11) is 2.51. The first-order valence-electron chi connectivity index (χ1n) is 5.03. The van der Waals surface area contributed by atoms with Crippen molar-refractivity contribution in [2.75, 3.05) is 12.0 Å². The summed E-state index contributed by atoms with van der Waals surface area (Å²) in [5, 5.41) is 0. The maximum atomic E-state index is 11.5. The van der Waals surface area contributed by atoms with Crippen LogP contribution in [0.5, 0.6) is 5.75 Å². The van der Waals surface area contributed by atoms with E-state index in [1.807, 2.05) is 0 Å². The van der Waals surface area contributed by atoms with Crippen LogP contribution >= 0.6 is 10.7 Å². The topological polar surface area (TPSA) is 80.8 Å². The van der Waals surface area contributed by atoms with Crippen molar-refractivity contribution in [1.29, 1.82) is 0 Å². The second kappa shape index (κ2) is 4.67. The van der Waals surface area contributed by atoms with Crippen LogP contribution in [-0.2, 0) is 18.6 Å². The SMILES string of the molecule is COc1ccc(N2C(=O)C=CC2=O)cc1S(=O)(=O)Cl. The first kappa shape index (κ1) is 13.6. The number of carbonyl (C=O) groups is 2. The average Bonchev–Trinajstić information content (AvgIpc) is 2.67. The number of rotatable bonds is 3. The van der Waals surface area contributed by atoms with E-state index in [4.69, 9.17) is 15.4 Å². The molecule has 1 aliphatic heterocycles. The minimum atomic E-state index is -4.06. The fourth-order valence-corrected chi connectivity index (χ4v) is 2.66. The summed E-state index contributed by atoms with van der Waals surface area (Å²) in [4.78, 5) is 23.5. The van der Waals surface area contributed by atoms with Gasteiger partial charge in [0.25, 0.3) is 20.9 Å². The molecule has 19 heavy (non-hydrogen) atoms. The second-order valence-electron chi connectivity index (χ2n) is 3.62. The van der Waals surface area contributed by atoms with E-state index >= 15 is 0 Å². The Balaban J connectivity index is 2.56. The zero-order chi connectivity index (χ0) is 14.2. The lowest BCUT2D eigenvalue weighted by atomic mass is 10.2. The minimum Gasteiger partial charge on any atom is -0.495 e. The van der Waals surface area contributed by atoms with Crippen LogP contribution in [0.2, 0.25) is 0 Å². The van der Waals surface area contributed by atoms with Crippen LogP contribution in [0, 0.1) is 0 Å². The predicted molar refractivity (Wildman–Crippen MR) is 67.7 cm³/mol. The van der Waals surface area contributed by atoms with Gasteiger partial charge in [0.2, 0.25) is 0 Å². The van der Waals surface area contributed by atoms with Gasteiger partial charge in [-0.1, -0.05) is 0 Å². The molecule has 1 aromatic rings. The molecule has 1 aliphatic rings. The number of ether oxygens (including phenoxy) is 1. The van der Waals surface area contributed by atoms with Crippen LogP contribution < -0.4 is 9.64 Å². The molecule has 100 valence electrons. The Hall–Kier alpha value is -1.86. The zero-order valence-corrected chi connectivity index (χ0v) is 11.2. The monoisotopic (exact) mass is 301 g/mol. The van der Waals surface area contributed by atoms with Gasteiger partial charge in [-0.25, -0.2) is 13.3 Å². The maximum absolute atomic E-state index is 11.5. The van der Waals surface area contributed by atoms with Crippen molar-refractivity contribution in [3.05, 3.63) is 30.4 Å². The molecule has 6 nitrogen and oxygen atoms in total. The molecule has 1 aromatic carbocycles. The smallest absolute Gasteiger partial charge is 0.265 e. The predicted octanol–water partition coefficient (Wildman–Crippen LogP) is 1.05. The number of methoxy groups -OCH3 is 1. The Bertz CT molecular complexity index is 677. The van der Waals surface area contributed by atoms with Gasteiger partial charge in [-0.2, -0.15) is 0 Å². The molecule has 0 N–H and O–H groups in total. The molecule has 0 bridgehead atoms. The Morgan fingerprint density at radius 3 is 2.21 bits per heavy atom. The lowest BCUT2D eigenvalue weighted by Crippen LogP contribution is -2.29. The third kappa shape index (κ3) is 2.47. The number of halogens is 1. The van der Waals surface area contributed by atoms with E-state index in [0.29, 0.717) is 0 Å². The molecule has 0 aliphatic carbocycles. The molecule has 0 unspecified atom stereocenters. The van der Waals surface area contributed by atoms with Gasteiger partial charge in [-0.05, 0) is 18.2 Å². The first-order chi connectivity index (χ1) is 8.84. The number of hydrogen-bond acceptors (Lipinski definition) is 5. The van der Waals surface area contributed by atoms with Crippen LogP contribution in [0.25, 0.3) is 0 Å². The summed E-state index contributed by atoms with van der Waals surface area (Å²) >= 11 is 0. The molecule has 0 atom stereocenters. The highest BCUT2D eigenvalue weighted by Crippen LogP contribution is 2.32. The number of hydrogen-bond donors (Lipinski definition) is 0. The fraction of sp³-hybridized carbons (Fsp3) is 0.0909. The Morgan fingerprint density at radius 2 is 1.74 bits per heavy atom. The standard InChI is InChI=1S/C11H8ClNO5S/c1-18-8-3-2-7(6-9(8)19(12,16)17)13-10(14)4-5-11(13)15/h2-6H,1H3. The van der Waals surface area contributed by atoms with Gasteiger partial charge in [-0.3, -0.25) is 9.59 Å². The fourth-order valence-electron chi connectivity index (χ4n) is 1.65. The van der Waals surface area contributed by atoms with Crippen molar-refractivity contribution >= 4 is 37.2 Å². The molecule has 0 fully saturated rings. The minimum absolute atomic E-state index is 0.0332. The second-order valence-corrected chi connectivity index (χ2v) is 6.15. The summed E-state index contributed by atoms with van der Waals surface area (Å²) in [6.45, 7) is 0. The third-order valence-electron chi connectivity index (χ3n) is 2.48. The summed E-state index contributed by atoms with van der Waals surface area (Å²) in [5.41, 5.74) is 0.111. The average molecular weight is 302 g/mol. The van der Waals surface area contributed by atoms with E-state index in [1.165, 1.54) is 19.2 Å². The third-order valence-corrected chi connectivity index (χ3v) is 3.82. The van der Waals surface area contributed by atoms with E-state index < -0.39 is 20.9 Å². The van der Waals surface area contributed by atoms with Gasteiger partial charge < -0.3 is 4.74 Å². The molecule has 2 rings (SSSR count). The van der Waals surface area contributed by atoms with Gasteiger partial charge in [-0.15, -0.1) is 0 Å². The highest BCUT2D eigenvalue weighted by Gasteiger charge is 2.27. The quantitative estimate of drug-likeness (QED) is 0.616. The van der Waals surface area contributed by atoms with E-state index in [1.54, 1.807) is 0 Å². The van der Waals surface area contributed by atoms with Gasteiger partial charge in [0.15, 0.2) is 0 Å². The highest BCUT2D eigenvalue weighted by molar-refractivity contribution is 8.13. The number of amides is 2. The van der Waals surface area contributed by atoms with Crippen molar-refractivity contribution in [2.24, 2.45) is 0 Å². The van der Waals surface area contributed by atoms with Gasteiger partial charge in [0.05, 0.1) is 12.8 Å². The Kier molecular flexibility index (Phi) is 3.34. The Labute approximate surface area is 113 Å². The molecule has 0 saturated carbocycles. The molecule has 0 aromatic heterocycles. The maximum Gasteiger partial charge on any atom is 0.265 e. The van der Waals surface area contributed by atoms with Crippen molar-refractivity contribution < 1.29 is 22.7 Å². The van der Waals surface area contributed by atoms with Crippen LogP contribution in [0.4, 0.5) is 5.69 Å². The van der Waals surface area contributed by atoms with Crippen LogP contribution in [-0.4, -0.2) is 27.3 Å². The summed E-state index contributed by atoms with van der Waals surface area (Å²) in [6.07, 6.45) is 2.20. The van der Waals surface area contributed by atoms with Crippen molar-refractivity contribution in [3.8, 4) is 5.75 Å². The number of nitrogens with zero attached hydrogens (tertiary/aromatic N) is 1. The van der Waals surface area contributed by atoms with Crippen molar-refractivity contribution in [3.63, 3.8) is 0 Å². The molecule has 0 spiro atoms. The summed E-state index contributed by atoms with van der Waals surface area (Å²) in [6, 6.07) is 3.83. The van der Waals surface area contributed by atoms with Gasteiger partial charge >= 0.3 is 0 Å². The first-order valence-corrected chi connectivity index (χ1v) is 7.34. The normalized spacial score (nSPS) is 15.2. The lowest BCUT2D eigenvalue weighted by molar-refractivity contribution is -0.119. The summed E-state index contributed by atoms with van der Waals surface area (Å²) < 4.78 is 27.7. The largest absolute Gasteiger partial charge is 0.495 e. The molecule has 1 heterocycles. The highest BCUT2D eigenvalue weighted by atomic mass is 35.7. The Morgan fingerprint density at radius 1 is 1.16 bits per heavy atom. The van der Waals surface area contributed by atoms with Crippen LogP contribution in [0.15, 0.2) is 35.2 Å². The number of carbonyl (C=O) groups excluding carboxylic acids is 2. The van der Waals surface area contributed by atoms with Crippen LogP contribution in [0.3, 0.4) is 0 Å². The van der Waals surface area contributed by atoms with Gasteiger partial charge in [0, 0.05) is 22.8 Å². The lowest BCUT2D eigenvalue weighted by Gasteiger charge is -2.15. The van der Waals surface area contributed by atoms with E-state index in [-0.39, 0.29) is 16.3 Å². The van der Waals surface area contributed by atoms with Crippen LogP contribution in [0.1, 0.15) is 0 Å². The zero-order valence-electron chi connectivity index (χ0n) is 9.66. The van der Waals surface area contributed by atoms with Crippen molar-refractivity contribution in [2.45, 2.75) is 4.90 Å². The molecular formula is C11H8ClNO5S. The van der Waals surface area contributed by atoms with E-state index in [0.717, 1.165) is 23.1 Å².